The van der Waals surface area contributed by atoms with Crippen LogP contribution in [0.15, 0.2) is 36.5 Å². The number of halogens is 2. The fraction of sp³-hybridized carbons (Fsp3) is 0.400. The van der Waals surface area contributed by atoms with E-state index in [4.69, 9.17) is 33.0 Å². The predicted octanol–water partition coefficient (Wildman–Crippen LogP) is 3.64. The van der Waals surface area contributed by atoms with Crippen LogP contribution in [0.25, 0.3) is 0 Å². The summed E-state index contributed by atoms with van der Waals surface area (Å²) < 4.78 is 5.35. The van der Waals surface area contributed by atoms with Crippen molar-refractivity contribution in [3.63, 3.8) is 0 Å². The Bertz CT molecular complexity index is 814. The highest BCUT2D eigenvalue weighted by Crippen LogP contribution is 2.23. The van der Waals surface area contributed by atoms with Gasteiger partial charge in [-0.1, -0.05) is 29.3 Å². The number of hydrogen-bond acceptors (Lipinski definition) is 5. The molecule has 1 saturated heterocycles. The molecule has 156 valence electrons. The number of amides is 2. The second-order valence-electron chi connectivity index (χ2n) is 6.68. The summed E-state index contributed by atoms with van der Waals surface area (Å²) in [5.41, 5.74) is 1.46. The second kappa shape index (κ2) is 10.6. The first-order chi connectivity index (χ1) is 14.1. The number of hydrogen-bond donors (Lipinski definition) is 2. The smallest absolute Gasteiger partial charge is 0.322 e. The van der Waals surface area contributed by atoms with Gasteiger partial charge in [0.2, 0.25) is 0 Å². The summed E-state index contributed by atoms with van der Waals surface area (Å²) in [7, 11) is 0. The van der Waals surface area contributed by atoms with Crippen LogP contribution >= 0.6 is 23.2 Å². The Morgan fingerprint density at radius 1 is 1.21 bits per heavy atom. The molecule has 1 aliphatic rings. The topological polar surface area (TPSA) is 77.9 Å². The maximum Gasteiger partial charge on any atom is 0.322 e. The first kappa shape index (κ1) is 21.6. The van der Waals surface area contributed by atoms with Crippen LogP contribution in [0, 0.1) is 0 Å². The average molecular weight is 439 g/mol. The van der Waals surface area contributed by atoms with Crippen molar-refractivity contribution in [1.29, 1.82) is 0 Å². The van der Waals surface area contributed by atoms with E-state index in [1.165, 1.54) is 0 Å². The zero-order valence-corrected chi connectivity index (χ0v) is 17.5. The highest BCUT2D eigenvalue weighted by atomic mass is 35.5. The Labute approximate surface area is 180 Å². The molecular weight excluding hydrogens is 415 g/mol. The van der Waals surface area contributed by atoms with Crippen LogP contribution in [0.3, 0.4) is 0 Å². The van der Waals surface area contributed by atoms with Crippen LogP contribution in [0.4, 0.5) is 16.3 Å². The number of anilines is 2. The number of rotatable bonds is 7. The number of aliphatic hydroxyl groups is 1. The molecule has 0 aliphatic carbocycles. The van der Waals surface area contributed by atoms with Gasteiger partial charge in [-0.05, 0) is 36.2 Å². The maximum absolute atomic E-state index is 12.8. The van der Waals surface area contributed by atoms with Gasteiger partial charge in [0, 0.05) is 32.8 Å². The lowest BCUT2D eigenvalue weighted by Gasteiger charge is -2.28. The SMILES string of the molecule is O=C(Nc1ccc(N2CCOCC2)nc1)N(CCCO)Cc1ccc(Cl)c(Cl)c1. The van der Waals surface area contributed by atoms with Crippen molar-refractivity contribution in [1.82, 2.24) is 9.88 Å². The third kappa shape index (κ3) is 6.21. The van der Waals surface area contributed by atoms with E-state index < -0.39 is 0 Å². The Morgan fingerprint density at radius 3 is 2.66 bits per heavy atom. The molecule has 0 saturated carbocycles. The molecular formula is C20H24Cl2N4O3. The molecule has 2 aromatic rings. The van der Waals surface area contributed by atoms with Crippen molar-refractivity contribution in [2.45, 2.75) is 13.0 Å². The van der Waals surface area contributed by atoms with Crippen molar-refractivity contribution in [2.24, 2.45) is 0 Å². The first-order valence-electron chi connectivity index (χ1n) is 9.46. The molecule has 1 fully saturated rings. The number of nitrogens with one attached hydrogen (secondary N) is 1. The van der Waals surface area contributed by atoms with Gasteiger partial charge in [-0.3, -0.25) is 0 Å². The second-order valence-corrected chi connectivity index (χ2v) is 7.50. The summed E-state index contributed by atoms with van der Waals surface area (Å²) >= 11 is 12.0. The summed E-state index contributed by atoms with van der Waals surface area (Å²) in [6.45, 7) is 3.74. The molecule has 2 amide bonds. The molecule has 0 radical (unpaired) electrons. The Kier molecular flexibility index (Phi) is 7.94. The number of ether oxygens (including phenoxy) is 1. The van der Waals surface area contributed by atoms with Gasteiger partial charge in [-0.2, -0.15) is 0 Å². The molecule has 3 rings (SSSR count). The Hall–Kier alpha value is -2.06. The van der Waals surface area contributed by atoms with Gasteiger partial charge in [0.1, 0.15) is 5.82 Å². The number of morpholine rings is 1. The van der Waals surface area contributed by atoms with Crippen molar-refractivity contribution in [2.75, 3.05) is 49.7 Å². The van der Waals surface area contributed by atoms with Crippen LogP contribution in [0.1, 0.15) is 12.0 Å². The van der Waals surface area contributed by atoms with Crippen molar-refractivity contribution >= 4 is 40.7 Å². The van der Waals surface area contributed by atoms with E-state index in [2.05, 4.69) is 15.2 Å². The number of benzene rings is 1. The monoisotopic (exact) mass is 438 g/mol. The van der Waals surface area contributed by atoms with Crippen molar-refractivity contribution in [3.8, 4) is 0 Å². The molecule has 1 aliphatic heterocycles. The van der Waals surface area contributed by atoms with Crippen molar-refractivity contribution < 1.29 is 14.6 Å². The first-order valence-corrected chi connectivity index (χ1v) is 10.2. The molecule has 7 nitrogen and oxygen atoms in total. The van der Waals surface area contributed by atoms with Crippen LogP contribution in [-0.4, -0.2) is 60.5 Å². The molecule has 1 aromatic carbocycles. The summed E-state index contributed by atoms with van der Waals surface area (Å²) in [6, 6.07) is 8.71. The number of carbonyl (C=O) groups excluding carboxylic acids is 1. The standard InChI is InChI=1S/C20H24Cl2N4O3/c21-17-4-2-15(12-18(17)22)14-26(6-1-9-27)20(28)24-16-3-5-19(23-13-16)25-7-10-29-11-8-25/h2-5,12-13,27H,1,6-11,14H2,(H,24,28). The third-order valence-electron chi connectivity index (χ3n) is 4.57. The van der Waals surface area contributed by atoms with Crippen LogP contribution in [0.5, 0.6) is 0 Å². The van der Waals surface area contributed by atoms with Crippen molar-refractivity contribution in [3.05, 3.63) is 52.1 Å². The molecule has 0 spiro atoms. The lowest BCUT2D eigenvalue weighted by atomic mass is 10.2. The number of aromatic nitrogens is 1. The molecule has 0 atom stereocenters. The van der Waals surface area contributed by atoms with E-state index >= 15 is 0 Å². The van der Waals surface area contributed by atoms with Gasteiger partial charge >= 0.3 is 6.03 Å². The number of aliphatic hydroxyl groups excluding tert-OH is 1. The molecule has 0 unspecified atom stereocenters. The van der Waals surface area contributed by atoms with Gasteiger partial charge in [-0.15, -0.1) is 0 Å². The molecule has 1 aromatic heterocycles. The molecule has 29 heavy (non-hydrogen) atoms. The van der Waals surface area contributed by atoms with Crippen LogP contribution in [0.2, 0.25) is 10.0 Å². The van der Waals surface area contributed by atoms with E-state index in [-0.39, 0.29) is 12.6 Å². The van der Waals surface area contributed by atoms with Gasteiger partial charge in [-0.25, -0.2) is 9.78 Å². The van der Waals surface area contributed by atoms with E-state index in [1.54, 1.807) is 23.2 Å². The van der Waals surface area contributed by atoms with Gasteiger partial charge in [0.25, 0.3) is 0 Å². The fourth-order valence-electron chi connectivity index (χ4n) is 3.01. The average Bonchev–Trinajstić information content (AvgIpc) is 2.74. The van der Waals surface area contributed by atoms with Gasteiger partial charge in [0.15, 0.2) is 0 Å². The summed E-state index contributed by atoms with van der Waals surface area (Å²) in [6.07, 6.45) is 2.12. The zero-order chi connectivity index (χ0) is 20.6. The minimum absolute atomic E-state index is 0.000948. The normalized spacial score (nSPS) is 14.0. The quantitative estimate of drug-likeness (QED) is 0.689. The molecule has 2 N–H and O–H groups in total. The minimum atomic E-state index is -0.273. The Morgan fingerprint density at radius 2 is 2.00 bits per heavy atom. The highest BCUT2D eigenvalue weighted by Gasteiger charge is 2.16. The fourth-order valence-corrected chi connectivity index (χ4v) is 3.34. The minimum Gasteiger partial charge on any atom is -0.396 e. The predicted molar refractivity (Wildman–Crippen MR) is 115 cm³/mol. The van der Waals surface area contributed by atoms with E-state index in [0.29, 0.717) is 48.5 Å². The number of nitrogens with zero attached hydrogens (tertiary/aromatic N) is 3. The van der Waals surface area contributed by atoms with Gasteiger partial charge < -0.3 is 25.0 Å². The largest absolute Gasteiger partial charge is 0.396 e. The summed E-state index contributed by atoms with van der Waals surface area (Å²) in [4.78, 5) is 21.0. The number of carbonyl (C=O) groups is 1. The lowest BCUT2D eigenvalue weighted by Crippen LogP contribution is -2.37. The lowest BCUT2D eigenvalue weighted by molar-refractivity contribution is 0.122. The summed E-state index contributed by atoms with van der Waals surface area (Å²) in [5.74, 6) is 0.860. The number of pyridine rings is 1. The van der Waals surface area contributed by atoms with Crippen LogP contribution in [-0.2, 0) is 11.3 Å². The maximum atomic E-state index is 12.8. The summed E-state index contributed by atoms with van der Waals surface area (Å²) in [5, 5.41) is 12.9. The third-order valence-corrected chi connectivity index (χ3v) is 5.30. The van der Waals surface area contributed by atoms with E-state index in [0.717, 1.165) is 24.5 Å². The van der Waals surface area contributed by atoms with E-state index in [1.807, 2.05) is 18.2 Å². The highest BCUT2D eigenvalue weighted by molar-refractivity contribution is 6.42. The molecule has 9 heteroatoms. The van der Waals surface area contributed by atoms with Gasteiger partial charge in [0.05, 0.1) is 35.1 Å². The molecule has 2 heterocycles. The van der Waals surface area contributed by atoms with E-state index in [9.17, 15) is 4.79 Å². The zero-order valence-electron chi connectivity index (χ0n) is 16.0. The molecule has 0 bridgehead atoms. The van der Waals surface area contributed by atoms with Crippen LogP contribution < -0.4 is 10.2 Å². The number of urea groups is 1. The Balaban J connectivity index is 1.64.